The van der Waals surface area contributed by atoms with Crippen LogP contribution in [-0.2, 0) is 4.79 Å². The molecule has 0 amide bonds. The van der Waals surface area contributed by atoms with Crippen molar-refractivity contribution in [3.63, 3.8) is 0 Å². The van der Waals surface area contributed by atoms with Crippen LogP contribution in [-0.4, -0.2) is 16.3 Å². The summed E-state index contributed by atoms with van der Waals surface area (Å²) in [5.41, 5.74) is 1.76. The maximum Gasteiger partial charge on any atom is 0.149 e. The molecule has 0 fully saturated rings. The second-order valence-corrected chi connectivity index (χ2v) is 4.72. The van der Waals surface area contributed by atoms with Crippen LogP contribution in [0.5, 0.6) is 0 Å². The first-order valence-electron chi connectivity index (χ1n) is 6.76. The maximum atomic E-state index is 11.3. The molecule has 0 saturated heterocycles. The van der Waals surface area contributed by atoms with E-state index in [2.05, 4.69) is 9.97 Å². The Morgan fingerprint density at radius 1 is 1.26 bits per heavy atom. The highest BCUT2D eigenvalue weighted by Crippen LogP contribution is 2.31. The fourth-order valence-corrected chi connectivity index (χ4v) is 2.34. The molecule has 1 aromatic carbocycles. The number of carbonyl (C=O) groups is 1. The zero-order valence-electron chi connectivity index (χ0n) is 11.9. The van der Waals surface area contributed by atoms with Crippen molar-refractivity contribution >= 4 is 28.5 Å². The third-order valence-electron chi connectivity index (χ3n) is 3.38. The Balaban J connectivity index is 2.28. The minimum absolute atomic E-state index is 0.106. The van der Waals surface area contributed by atoms with Crippen molar-refractivity contribution in [3.8, 4) is 12.1 Å². The molecule has 0 aliphatic heterocycles. The van der Waals surface area contributed by atoms with Crippen molar-refractivity contribution in [3.05, 3.63) is 54.2 Å². The fraction of sp³-hybridized carbons (Fsp3) is 0.0588. The smallest absolute Gasteiger partial charge is 0.149 e. The monoisotopic (exact) mass is 302 g/mol. The van der Waals surface area contributed by atoms with Gasteiger partial charge in [-0.25, -0.2) is 4.98 Å². The number of nitrogens with zero attached hydrogens (tertiary/aromatic N) is 3. The van der Waals surface area contributed by atoms with Gasteiger partial charge in [0.25, 0.3) is 0 Å². The predicted octanol–water partition coefficient (Wildman–Crippen LogP) is 2.93. The second-order valence-electron chi connectivity index (χ2n) is 4.72. The average molecular weight is 302 g/mol. The van der Waals surface area contributed by atoms with Gasteiger partial charge in [0.2, 0.25) is 0 Å². The number of carbonyl (C=O) groups excluding carboxylic acids is 1. The number of benzene rings is 1. The van der Waals surface area contributed by atoms with Gasteiger partial charge >= 0.3 is 0 Å². The van der Waals surface area contributed by atoms with E-state index in [9.17, 15) is 15.3 Å². The Hall–Kier alpha value is -3.64. The number of aldehydes is 1. The lowest BCUT2D eigenvalue weighted by Gasteiger charge is -2.07. The largest absolute Gasteiger partial charge is 0.465 e. The standard InChI is InChI=1S/C17H10N4O2/c18-8-11(10-22)16(15-6-3-7-23-15)12(9-19)17-20-13-4-1-2-5-14(13)21-17/h1-7,10-11H,(H,20,21)/b16-12-/t11-/m1/s1. The molecule has 1 atom stereocenters. The summed E-state index contributed by atoms with van der Waals surface area (Å²) in [6.45, 7) is 0. The van der Waals surface area contributed by atoms with Crippen LogP contribution in [0.15, 0.2) is 47.1 Å². The Bertz CT molecular complexity index is 935. The molecule has 0 spiro atoms. The minimum Gasteiger partial charge on any atom is -0.465 e. The molecule has 0 unspecified atom stereocenters. The summed E-state index contributed by atoms with van der Waals surface area (Å²) < 4.78 is 5.30. The number of nitrogens with one attached hydrogen (secondary N) is 1. The van der Waals surface area contributed by atoms with Gasteiger partial charge in [-0.05, 0) is 24.3 Å². The zero-order chi connectivity index (χ0) is 16.2. The lowest BCUT2D eigenvalue weighted by atomic mass is 9.94. The predicted molar refractivity (Wildman–Crippen MR) is 82.4 cm³/mol. The van der Waals surface area contributed by atoms with Crippen molar-refractivity contribution in [1.82, 2.24) is 9.97 Å². The highest BCUT2D eigenvalue weighted by Gasteiger charge is 2.24. The molecule has 23 heavy (non-hydrogen) atoms. The minimum atomic E-state index is -1.12. The van der Waals surface area contributed by atoms with Crippen LogP contribution in [0.2, 0.25) is 0 Å². The summed E-state index contributed by atoms with van der Waals surface area (Å²) >= 11 is 0. The lowest BCUT2D eigenvalue weighted by Crippen LogP contribution is -2.05. The summed E-state index contributed by atoms with van der Waals surface area (Å²) in [6.07, 6.45) is 1.90. The first-order chi connectivity index (χ1) is 11.3. The number of hydrogen-bond acceptors (Lipinski definition) is 5. The van der Waals surface area contributed by atoms with E-state index >= 15 is 0 Å². The van der Waals surface area contributed by atoms with Gasteiger partial charge in [0.05, 0.1) is 23.4 Å². The normalized spacial score (nSPS) is 13.0. The second kappa shape index (κ2) is 6.00. The molecule has 2 aromatic heterocycles. The van der Waals surface area contributed by atoms with E-state index in [-0.39, 0.29) is 11.1 Å². The molecule has 6 heteroatoms. The van der Waals surface area contributed by atoms with Crippen LogP contribution in [0.3, 0.4) is 0 Å². The molecule has 0 saturated carbocycles. The lowest BCUT2D eigenvalue weighted by molar-refractivity contribution is -0.108. The maximum absolute atomic E-state index is 11.3. The van der Waals surface area contributed by atoms with Crippen LogP contribution < -0.4 is 0 Å². The van der Waals surface area contributed by atoms with Crippen LogP contribution in [0.1, 0.15) is 11.6 Å². The van der Waals surface area contributed by atoms with Gasteiger partial charge in [-0.3, -0.25) is 0 Å². The SMILES string of the molecule is N#C/C(=C(/c1ccco1)[C@H](C#N)C=O)c1nc2ccccc2[nH]1. The quantitative estimate of drug-likeness (QED) is 0.589. The van der Waals surface area contributed by atoms with Gasteiger partial charge in [-0.15, -0.1) is 0 Å². The van der Waals surface area contributed by atoms with Crippen molar-refractivity contribution in [2.75, 3.05) is 0 Å². The molecule has 2 heterocycles. The van der Waals surface area contributed by atoms with Gasteiger partial charge in [-0.2, -0.15) is 10.5 Å². The third kappa shape index (κ3) is 2.50. The van der Waals surface area contributed by atoms with Crippen LogP contribution in [0.25, 0.3) is 22.2 Å². The number of H-pyrrole nitrogens is 1. The summed E-state index contributed by atoms with van der Waals surface area (Å²) in [4.78, 5) is 18.7. The molecule has 0 aliphatic rings. The number of rotatable bonds is 4. The van der Waals surface area contributed by atoms with Crippen LogP contribution >= 0.6 is 0 Å². The highest BCUT2D eigenvalue weighted by molar-refractivity contribution is 6.01. The molecular formula is C17H10N4O2. The molecule has 3 rings (SSSR count). The third-order valence-corrected chi connectivity index (χ3v) is 3.38. The van der Waals surface area contributed by atoms with Gasteiger partial charge < -0.3 is 14.2 Å². The van der Waals surface area contributed by atoms with Gasteiger partial charge in [0, 0.05) is 5.57 Å². The van der Waals surface area contributed by atoms with E-state index in [1.165, 1.54) is 6.26 Å². The van der Waals surface area contributed by atoms with Gasteiger partial charge in [-0.1, -0.05) is 12.1 Å². The van der Waals surface area contributed by atoms with Crippen LogP contribution in [0.4, 0.5) is 0 Å². The Labute approximate surface area is 131 Å². The van der Waals surface area contributed by atoms with E-state index in [0.717, 1.165) is 5.52 Å². The summed E-state index contributed by atoms with van der Waals surface area (Å²) in [7, 11) is 0. The summed E-state index contributed by atoms with van der Waals surface area (Å²) in [5, 5.41) is 18.8. The summed E-state index contributed by atoms with van der Waals surface area (Å²) in [5.74, 6) is -0.535. The van der Waals surface area contributed by atoms with Crippen molar-refractivity contribution in [2.24, 2.45) is 5.92 Å². The number of nitriles is 2. The van der Waals surface area contributed by atoms with Gasteiger partial charge in [0.1, 0.15) is 35.4 Å². The number of furan rings is 1. The first kappa shape index (κ1) is 14.3. The van der Waals surface area contributed by atoms with Crippen LogP contribution in [0, 0.1) is 28.6 Å². The molecule has 0 aliphatic carbocycles. The van der Waals surface area contributed by atoms with Crippen molar-refractivity contribution in [2.45, 2.75) is 0 Å². The number of fused-ring (bicyclic) bond motifs is 1. The average Bonchev–Trinajstić information content (AvgIpc) is 3.24. The fourth-order valence-electron chi connectivity index (χ4n) is 2.34. The van der Waals surface area contributed by atoms with E-state index in [4.69, 9.17) is 4.42 Å². The Kier molecular flexibility index (Phi) is 3.73. The molecule has 0 radical (unpaired) electrons. The molecule has 0 bridgehead atoms. The molecule has 6 nitrogen and oxygen atoms in total. The molecular weight excluding hydrogens is 292 g/mol. The topological polar surface area (TPSA) is 106 Å². The van der Waals surface area contributed by atoms with Crippen molar-refractivity contribution in [1.29, 1.82) is 10.5 Å². The van der Waals surface area contributed by atoms with E-state index in [1.807, 2.05) is 30.3 Å². The van der Waals surface area contributed by atoms with Gasteiger partial charge in [0.15, 0.2) is 0 Å². The Morgan fingerprint density at radius 3 is 2.70 bits per heavy atom. The molecule has 3 aromatic rings. The first-order valence-corrected chi connectivity index (χ1v) is 6.76. The zero-order valence-corrected chi connectivity index (χ0v) is 11.9. The number of para-hydroxylation sites is 2. The molecule has 1 N–H and O–H groups in total. The number of aromatic nitrogens is 2. The number of allylic oxidation sites excluding steroid dienone is 2. The summed E-state index contributed by atoms with van der Waals surface area (Å²) in [6, 6.07) is 14.4. The molecule has 110 valence electrons. The number of imidazole rings is 1. The van der Waals surface area contributed by atoms with E-state index < -0.39 is 5.92 Å². The Morgan fingerprint density at radius 2 is 2.09 bits per heavy atom. The van der Waals surface area contributed by atoms with Crippen molar-refractivity contribution < 1.29 is 9.21 Å². The number of hydrogen-bond donors (Lipinski definition) is 1. The van der Waals surface area contributed by atoms with E-state index in [1.54, 1.807) is 18.2 Å². The number of aromatic amines is 1. The highest BCUT2D eigenvalue weighted by atomic mass is 16.3. The van der Waals surface area contributed by atoms with E-state index in [0.29, 0.717) is 23.4 Å².